The van der Waals surface area contributed by atoms with Crippen LogP contribution >= 0.6 is 0 Å². The summed E-state index contributed by atoms with van der Waals surface area (Å²) in [6, 6.07) is 3.50. The van der Waals surface area contributed by atoms with E-state index in [4.69, 9.17) is 5.11 Å². The van der Waals surface area contributed by atoms with Gasteiger partial charge in [-0.05, 0) is 32.0 Å². The SMILES string of the molecule is CC(C)(OC(=O)O)c1cc(F)ccc1C=O. The van der Waals surface area contributed by atoms with Gasteiger partial charge < -0.3 is 9.84 Å². The van der Waals surface area contributed by atoms with E-state index in [0.717, 1.165) is 12.1 Å². The molecule has 4 nitrogen and oxygen atoms in total. The third-order valence-corrected chi connectivity index (χ3v) is 2.13. The summed E-state index contributed by atoms with van der Waals surface area (Å²) in [6.07, 6.45) is -0.951. The maximum atomic E-state index is 13.0. The summed E-state index contributed by atoms with van der Waals surface area (Å²) in [4.78, 5) is 21.2. The van der Waals surface area contributed by atoms with Gasteiger partial charge in [-0.15, -0.1) is 0 Å². The Bertz CT molecular complexity index is 426. The van der Waals surface area contributed by atoms with Crippen LogP contribution in [-0.4, -0.2) is 17.5 Å². The molecule has 1 N–H and O–H groups in total. The number of carbonyl (C=O) groups is 2. The van der Waals surface area contributed by atoms with E-state index in [2.05, 4.69) is 4.74 Å². The lowest BCUT2D eigenvalue weighted by Gasteiger charge is -2.25. The lowest BCUT2D eigenvalue weighted by atomic mass is 9.93. The van der Waals surface area contributed by atoms with Crippen LogP contribution in [0.15, 0.2) is 18.2 Å². The maximum absolute atomic E-state index is 13.0. The van der Waals surface area contributed by atoms with Gasteiger partial charge in [0.2, 0.25) is 0 Å². The summed E-state index contributed by atoms with van der Waals surface area (Å²) in [7, 11) is 0. The highest BCUT2D eigenvalue weighted by Crippen LogP contribution is 2.28. The molecule has 86 valence electrons. The molecule has 5 heteroatoms. The standard InChI is InChI=1S/C11H11FO4/c1-11(2,16-10(14)15)9-5-8(12)4-3-7(9)6-13/h3-6H,1-2H3,(H,14,15). The van der Waals surface area contributed by atoms with E-state index in [0.29, 0.717) is 6.29 Å². The lowest BCUT2D eigenvalue weighted by Crippen LogP contribution is -2.26. The molecule has 0 unspecified atom stereocenters. The topological polar surface area (TPSA) is 63.6 Å². The van der Waals surface area contributed by atoms with E-state index >= 15 is 0 Å². The average Bonchev–Trinajstić information content (AvgIpc) is 2.15. The molecule has 0 aromatic heterocycles. The molecular formula is C11H11FO4. The van der Waals surface area contributed by atoms with Crippen LogP contribution < -0.4 is 0 Å². The zero-order chi connectivity index (χ0) is 12.3. The van der Waals surface area contributed by atoms with Crippen molar-refractivity contribution >= 4 is 12.4 Å². The van der Waals surface area contributed by atoms with Crippen molar-refractivity contribution in [2.24, 2.45) is 0 Å². The third-order valence-electron chi connectivity index (χ3n) is 2.13. The largest absolute Gasteiger partial charge is 0.506 e. The normalized spacial score (nSPS) is 10.9. The molecule has 1 aromatic carbocycles. The van der Waals surface area contributed by atoms with Crippen molar-refractivity contribution in [3.05, 3.63) is 35.1 Å². The van der Waals surface area contributed by atoms with Crippen LogP contribution in [0, 0.1) is 5.82 Å². The summed E-state index contributed by atoms with van der Waals surface area (Å²) in [5, 5.41) is 8.54. The Kier molecular flexibility index (Phi) is 3.27. The minimum atomic E-state index is -1.48. The first-order chi connectivity index (χ1) is 7.36. The van der Waals surface area contributed by atoms with Gasteiger partial charge in [0.25, 0.3) is 0 Å². The Labute approximate surface area is 91.7 Å². The first-order valence-electron chi connectivity index (χ1n) is 4.54. The molecule has 1 rings (SSSR count). The zero-order valence-corrected chi connectivity index (χ0v) is 8.86. The highest BCUT2D eigenvalue weighted by molar-refractivity contribution is 5.78. The predicted octanol–water partition coefficient (Wildman–Crippen LogP) is 2.57. The number of halogens is 1. The molecule has 0 aliphatic rings. The summed E-state index contributed by atoms with van der Waals surface area (Å²) in [6.45, 7) is 2.89. The molecule has 0 saturated carbocycles. The quantitative estimate of drug-likeness (QED) is 0.635. The molecular weight excluding hydrogens is 215 g/mol. The van der Waals surface area contributed by atoms with Gasteiger partial charge in [0.1, 0.15) is 17.7 Å². The molecule has 0 aliphatic carbocycles. The number of ether oxygens (including phenoxy) is 1. The highest BCUT2D eigenvalue weighted by atomic mass is 19.1. The third kappa shape index (κ3) is 2.56. The first kappa shape index (κ1) is 12.2. The van der Waals surface area contributed by atoms with Crippen LogP contribution in [-0.2, 0) is 10.3 Å². The first-order valence-corrected chi connectivity index (χ1v) is 4.54. The average molecular weight is 226 g/mol. The number of aldehydes is 1. The van der Waals surface area contributed by atoms with E-state index < -0.39 is 17.6 Å². The zero-order valence-electron chi connectivity index (χ0n) is 8.86. The van der Waals surface area contributed by atoms with Gasteiger partial charge >= 0.3 is 6.16 Å². The molecule has 0 atom stereocenters. The van der Waals surface area contributed by atoms with Crippen molar-refractivity contribution in [3.63, 3.8) is 0 Å². The summed E-state index contributed by atoms with van der Waals surface area (Å²) >= 11 is 0. The number of benzene rings is 1. The van der Waals surface area contributed by atoms with Crippen LogP contribution in [0.3, 0.4) is 0 Å². The summed E-state index contributed by atoms with van der Waals surface area (Å²) in [5.41, 5.74) is -0.873. The van der Waals surface area contributed by atoms with Crippen molar-refractivity contribution in [2.75, 3.05) is 0 Å². The Hall–Kier alpha value is -1.91. The van der Waals surface area contributed by atoms with Crippen LogP contribution in [0.5, 0.6) is 0 Å². The second-order valence-electron chi connectivity index (χ2n) is 3.73. The molecule has 0 saturated heterocycles. The lowest BCUT2D eigenvalue weighted by molar-refractivity contribution is 0.000480. The van der Waals surface area contributed by atoms with Gasteiger partial charge in [-0.25, -0.2) is 9.18 Å². The van der Waals surface area contributed by atoms with Gasteiger partial charge in [0.05, 0.1) is 0 Å². The number of hydrogen-bond donors (Lipinski definition) is 1. The Morgan fingerprint density at radius 3 is 2.62 bits per heavy atom. The van der Waals surface area contributed by atoms with E-state index in [9.17, 15) is 14.0 Å². The fourth-order valence-corrected chi connectivity index (χ4v) is 1.43. The molecule has 0 aliphatic heterocycles. The van der Waals surface area contributed by atoms with Crippen LogP contribution in [0.25, 0.3) is 0 Å². The molecule has 0 radical (unpaired) electrons. The minimum absolute atomic E-state index is 0.199. The summed E-state index contributed by atoms with van der Waals surface area (Å²) < 4.78 is 17.6. The van der Waals surface area contributed by atoms with Gasteiger partial charge in [-0.1, -0.05) is 0 Å². The van der Waals surface area contributed by atoms with Gasteiger partial charge in [0.15, 0.2) is 0 Å². The van der Waals surface area contributed by atoms with E-state index in [1.807, 2.05) is 0 Å². The van der Waals surface area contributed by atoms with Crippen LogP contribution in [0.1, 0.15) is 29.8 Å². The van der Waals surface area contributed by atoms with Crippen molar-refractivity contribution in [2.45, 2.75) is 19.4 Å². The van der Waals surface area contributed by atoms with Gasteiger partial charge in [-0.3, -0.25) is 4.79 Å². The number of carbonyl (C=O) groups excluding carboxylic acids is 1. The van der Waals surface area contributed by atoms with Crippen LogP contribution in [0.4, 0.5) is 9.18 Å². The minimum Gasteiger partial charge on any atom is -0.450 e. The van der Waals surface area contributed by atoms with E-state index in [-0.39, 0.29) is 11.1 Å². The fraction of sp³-hybridized carbons (Fsp3) is 0.273. The second-order valence-corrected chi connectivity index (χ2v) is 3.73. The molecule has 0 heterocycles. The number of carboxylic acid groups (broad SMARTS) is 1. The molecule has 0 spiro atoms. The molecule has 0 fully saturated rings. The number of hydrogen-bond acceptors (Lipinski definition) is 3. The Morgan fingerprint density at radius 1 is 1.50 bits per heavy atom. The smallest absolute Gasteiger partial charge is 0.450 e. The second kappa shape index (κ2) is 4.30. The van der Waals surface area contributed by atoms with Crippen LogP contribution in [0.2, 0.25) is 0 Å². The van der Waals surface area contributed by atoms with Crippen molar-refractivity contribution in [1.82, 2.24) is 0 Å². The van der Waals surface area contributed by atoms with E-state index in [1.54, 1.807) is 0 Å². The van der Waals surface area contributed by atoms with E-state index in [1.165, 1.54) is 19.9 Å². The van der Waals surface area contributed by atoms with Gasteiger partial charge in [0, 0.05) is 11.1 Å². The molecule has 0 amide bonds. The molecule has 16 heavy (non-hydrogen) atoms. The fourth-order valence-electron chi connectivity index (χ4n) is 1.43. The maximum Gasteiger partial charge on any atom is 0.506 e. The monoisotopic (exact) mass is 226 g/mol. The Morgan fingerprint density at radius 2 is 2.12 bits per heavy atom. The highest BCUT2D eigenvalue weighted by Gasteiger charge is 2.28. The predicted molar refractivity (Wildman–Crippen MR) is 53.9 cm³/mol. The van der Waals surface area contributed by atoms with Crippen molar-refractivity contribution in [3.8, 4) is 0 Å². The van der Waals surface area contributed by atoms with Crippen molar-refractivity contribution in [1.29, 1.82) is 0 Å². The number of rotatable bonds is 3. The van der Waals surface area contributed by atoms with Crippen molar-refractivity contribution < 1.29 is 23.8 Å². The van der Waals surface area contributed by atoms with Gasteiger partial charge in [-0.2, -0.15) is 0 Å². The molecule has 0 bridgehead atoms. The molecule has 1 aromatic rings. The summed E-state index contributed by atoms with van der Waals surface area (Å²) in [5.74, 6) is -0.553. The Balaban J connectivity index is 3.24.